The fourth-order valence-corrected chi connectivity index (χ4v) is 3.42. The summed E-state index contributed by atoms with van der Waals surface area (Å²) in [6.45, 7) is 1.92. The molecule has 7 heteroatoms. The molecule has 22 heavy (non-hydrogen) atoms. The number of aliphatic carboxylic acids is 1. The van der Waals surface area contributed by atoms with Gasteiger partial charge in [0.1, 0.15) is 5.01 Å². The summed E-state index contributed by atoms with van der Waals surface area (Å²) < 4.78 is 0. The topological polar surface area (TPSA) is 74.7 Å². The summed E-state index contributed by atoms with van der Waals surface area (Å²) in [5.41, 5.74) is 3.94. The third-order valence-corrected chi connectivity index (χ3v) is 4.44. The summed E-state index contributed by atoms with van der Waals surface area (Å²) in [5.74, 6) is -1.07. The number of carbonyl (C=O) groups is 1. The summed E-state index contributed by atoms with van der Waals surface area (Å²) >= 11 is 1.40. The lowest BCUT2D eigenvalue weighted by molar-refractivity contribution is -0.163. The van der Waals surface area contributed by atoms with Crippen LogP contribution in [0.25, 0.3) is 5.57 Å². The van der Waals surface area contributed by atoms with E-state index in [1.54, 1.807) is 6.20 Å². The minimum atomic E-state index is -1.07. The molecule has 0 fully saturated rings. The molecule has 0 spiro atoms. The van der Waals surface area contributed by atoms with Crippen LogP contribution in [0.2, 0.25) is 0 Å². The fraction of sp³-hybridized carbons (Fsp3) is 0.200. The van der Waals surface area contributed by atoms with Gasteiger partial charge in [-0.1, -0.05) is 30.3 Å². The average molecular weight is 317 g/mol. The lowest BCUT2D eigenvalue weighted by atomic mass is 9.85. The first-order chi connectivity index (χ1) is 10.6. The number of carboxylic acid groups (broad SMARTS) is 1. The second kappa shape index (κ2) is 5.53. The second-order valence-electron chi connectivity index (χ2n) is 4.95. The van der Waals surface area contributed by atoms with Crippen LogP contribution in [-0.4, -0.2) is 28.3 Å². The molecule has 2 heterocycles. The number of hydrogen-bond donors (Lipinski definition) is 2. The molecule has 0 bridgehead atoms. The van der Waals surface area contributed by atoms with Gasteiger partial charge in [0.15, 0.2) is 5.70 Å². The summed E-state index contributed by atoms with van der Waals surface area (Å²) in [7, 11) is 1.42. The summed E-state index contributed by atoms with van der Waals surface area (Å²) in [6, 6.07) is 9.63. The zero-order valence-corrected chi connectivity index (χ0v) is 12.9. The minimum Gasteiger partial charge on any atom is -0.476 e. The summed E-state index contributed by atoms with van der Waals surface area (Å²) in [4.78, 5) is 21.2. The van der Waals surface area contributed by atoms with Crippen molar-refractivity contribution in [3.63, 3.8) is 0 Å². The van der Waals surface area contributed by atoms with Crippen LogP contribution < -0.4 is 5.43 Å². The highest BCUT2D eigenvalue weighted by molar-refractivity contribution is 7.10. The number of hydroxylamine groups is 1. The van der Waals surface area contributed by atoms with E-state index >= 15 is 0 Å². The highest BCUT2D eigenvalue weighted by atomic mass is 32.1. The number of benzene rings is 1. The van der Waals surface area contributed by atoms with Crippen molar-refractivity contribution in [1.29, 1.82) is 0 Å². The molecule has 1 atom stereocenters. The molecule has 2 N–H and O–H groups in total. The number of rotatable bonds is 4. The molecular formula is C15H15N3O3S. The molecule has 1 aromatic carbocycles. The van der Waals surface area contributed by atoms with Crippen LogP contribution in [0.4, 0.5) is 0 Å². The smallest absolute Gasteiger partial charge is 0.356 e. The maximum atomic E-state index is 11.8. The quantitative estimate of drug-likeness (QED) is 0.901. The maximum absolute atomic E-state index is 11.8. The predicted molar refractivity (Wildman–Crippen MR) is 82.4 cm³/mol. The first-order valence-electron chi connectivity index (χ1n) is 6.63. The van der Waals surface area contributed by atoms with Crippen molar-refractivity contribution in [2.45, 2.75) is 12.5 Å². The van der Waals surface area contributed by atoms with E-state index in [1.165, 1.54) is 23.6 Å². The Morgan fingerprint density at radius 2 is 2.14 bits per heavy atom. The number of hydrogen-bond acceptors (Lipinski definition) is 6. The molecular weight excluding hydrogens is 302 g/mol. The van der Waals surface area contributed by atoms with Gasteiger partial charge < -0.3 is 5.11 Å². The Hall–Kier alpha value is -2.22. The molecule has 3 rings (SSSR count). The van der Waals surface area contributed by atoms with Crippen molar-refractivity contribution in [2.75, 3.05) is 7.11 Å². The van der Waals surface area contributed by atoms with Crippen LogP contribution in [0.5, 0.6) is 0 Å². The molecule has 0 radical (unpaired) electrons. The normalized spacial score (nSPS) is 21.5. The lowest BCUT2D eigenvalue weighted by Crippen LogP contribution is -2.44. The first kappa shape index (κ1) is 14.7. The van der Waals surface area contributed by atoms with Gasteiger partial charge in [0.05, 0.1) is 12.6 Å². The molecule has 1 unspecified atom stereocenters. The molecule has 0 saturated carbocycles. The van der Waals surface area contributed by atoms with Gasteiger partial charge in [-0.25, -0.2) is 9.78 Å². The first-order valence-corrected chi connectivity index (χ1v) is 7.51. The van der Waals surface area contributed by atoms with Crippen LogP contribution in [0.15, 0.2) is 47.6 Å². The summed E-state index contributed by atoms with van der Waals surface area (Å²) in [6.07, 6.45) is 1.66. The number of carboxylic acids is 1. The molecule has 0 aliphatic carbocycles. The fourth-order valence-electron chi connectivity index (χ4n) is 2.63. The van der Waals surface area contributed by atoms with E-state index in [2.05, 4.69) is 10.4 Å². The number of nitrogens with one attached hydrogen (secondary N) is 1. The van der Waals surface area contributed by atoms with Gasteiger partial charge >= 0.3 is 5.97 Å². The predicted octanol–water partition coefficient (Wildman–Crippen LogP) is 2.24. The van der Waals surface area contributed by atoms with Crippen molar-refractivity contribution in [2.24, 2.45) is 0 Å². The van der Waals surface area contributed by atoms with Crippen molar-refractivity contribution in [1.82, 2.24) is 15.6 Å². The molecule has 0 saturated heterocycles. The average Bonchev–Trinajstić information content (AvgIpc) is 3.13. The van der Waals surface area contributed by atoms with E-state index in [4.69, 9.17) is 4.84 Å². The Kier molecular flexibility index (Phi) is 3.69. The highest BCUT2D eigenvalue weighted by Gasteiger charge is 2.47. The molecule has 114 valence electrons. The van der Waals surface area contributed by atoms with Gasteiger partial charge in [0.25, 0.3) is 0 Å². The molecule has 6 nitrogen and oxygen atoms in total. The van der Waals surface area contributed by atoms with Crippen LogP contribution in [-0.2, 0) is 15.2 Å². The Labute approximate surface area is 131 Å². The van der Waals surface area contributed by atoms with E-state index in [9.17, 15) is 9.90 Å². The number of aromatic nitrogens is 1. The standard InChI is InChI=1S/C15H15N3O3S/c1-15(10-6-4-3-5-7-10)11(13-16-8-9-22-13)12(14(19)20)18(17-15)21-2/h3-9,17H,1-2H3,(H,19,20). The second-order valence-corrected chi connectivity index (χ2v) is 5.84. The van der Waals surface area contributed by atoms with Crippen LogP contribution in [0.1, 0.15) is 17.5 Å². The van der Waals surface area contributed by atoms with Gasteiger partial charge in [-0.05, 0) is 12.5 Å². The van der Waals surface area contributed by atoms with Crippen LogP contribution in [0.3, 0.4) is 0 Å². The van der Waals surface area contributed by atoms with Crippen molar-refractivity contribution in [3.8, 4) is 0 Å². The van der Waals surface area contributed by atoms with Crippen molar-refractivity contribution in [3.05, 3.63) is 58.2 Å². The zero-order valence-electron chi connectivity index (χ0n) is 12.1. The largest absolute Gasteiger partial charge is 0.476 e. The molecule has 1 aliphatic heterocycles. The molecule has 1 aliphatic rings. The van der Waals surface area contributed by atoms with Crippen molar-refractivity contribution >= 4 is 22.9 Å². The van der Waals surface area contributed by atoms with E-state index in [-0.39, 0.29) is 5.70 Å². The number of hydrazine groups is 1. The Bertz CT molecular complexity index is 715. The van der Waals surface area contributed by atoms with E-state index in [0.717, 1.165) is 5.56 Å². The van der Waals surface area contributed by atoms with E-state index in [0.29, 0.717) is 10.6 Å². The third-order valence-electron chi connectivity index (χ3n) is 3.65. The Balaban J connectivity index is 2.25. The van der Waals surface area contributed by atoms with E-state index < -0.39 is 11.5 Å². The molecule has 1 aromatic heterocycles. The van der Waals surface area contributed by atoms with Gasteiger partial charge in [-0.2, -0.15) is 10.6 Å². The Morgan fingerprint density at radius 3 is 2.68 bits per heavy atom. The maximum Gasteiger partial charge on any atom is 0.356 e. The monoisotopic (exact) mass is 317 g/mol. The number of nitrogens with zero attached hydrogens (tertiary/aromatic N) is 2. The van der Waals surface area contributed by atoms with Crippen LogP contribution >= 0.6 is 11.3 Å². The SMILES string of the molecule is CON1NC(C)(c2ccccc2)C(c2nccs2)=C1C(=O)O. The van der Waals surface area contributed by atoms with E-state index in [1.807, 2.05) is 42.6 Å². The minimum absolute atomic E-state index is 0.0452. The number of thiazole rings is 1. The lowest BCUT2D eigenvalue weighted by Gasteiger charge is -2.29. The molecule has 2 aromatic rings. The van der Waals surface area contributed by atoms with Crippen LogP contribution in [0, 0.1) is 0 Å². The Morgan fingerprint density at radius 1 is 1.41 bits per heavy atom. The molecule has 0 amide bonds. The highest BCUT2D eigenvalue weighted by Crippen LogP contribution is 2.44. The van der Waals surface area contributed by atoms with Gasteiger partial charge in [0, 0.05) is 17.2 Å². The van der Waals surface area contributed by atoms with Gasteiger partial charge in [0.2, 0.25) is 0 Å². The zero-order chi connectivity index (χ0) is 15.7. The van der Waals surface area contributed by atoms with Gasteiger partial charge in [-0.15, -0.1) is 11.3 Å². The van der Waals surface area contributed by atoms with Gasteiger partial charge in [-0.3, -0.25) is 4.84 Å². The third kappa shape index (κ3) is 2.19. The van der Waals surface area contributed by atoms with Crippen molar-refractivity contribution < 1.29 is 14.7 Å². The summed E-state index contributed by atoms with van der Waals surface area (Å²) in [5, 5.41) is 13.3.